The van der Waals surface area contributed by atoms with Gasteiger partial charge in [0.1, 0.15) is 11.5 Å². The number of rotatable bonds is 7. The molecule has 1 aromatic rings. The van der Waals surface area contributed by atoms with Gasteiger partial charge in [-0.1, -0.05) is 0 Å². The zero-order valence-corrected chi connectivity index (χ0v) is 12.3. The number of anilines is 1. The maximum Gasteiger partial charge on any atom is 0.142 e. The maximum absolute atomic E-state index is 5.45. The van der Waals surface area contributed by atoms with Crippen molar-refractivity contribution in [3.8, 4) is 11.5 Å². The van der Waals surface area contributed by atoms with E-state index in [2.05, 4.69) is 17.3 Å². The summed E-state index contributed by atoms with van der Waals surface area (Å²) in [5.41, 5.74) is 1.52. The van der Waals surface area contributed by atoms with Crippen LogP contribution in [0.4, 0.5) is 5.69 Å². The van der Waals surface area contributed by atoms with Gasteiger partial charge >= 0.3 is 0 Å². The van der Waals surface area contributed by atoms with E-state index in [1.165, 1.54) is 12.8 Å². The summed E-state index contributed by atoms with van der Waals surface area (Å²) in [4.78, 5) is 2.27. The molecule has 1 N–H and O–H groups in total. The maximum atomic E-state index is 5.45. The summed E-state index contributed by atoms with van der Waals surface area (Å²) >= 11 is 0. The number of nitrogens with one attached hydrogen (secondary N) is 1. The van der Waals surface area contributed by atoms with Gasteiger partial charge in [0.25, 0.3) is 0 Å². The molecule has 1 aromatic carbocycles. The van der Waals surface area contributed by atoms with Gasteiger partial charge in [-0.25, -0.2) is 0 Å². The molecule has 0 bridgehead atoms. The molecule has 0 aliphatic heterocycles. The SMILES string of the molecule is CNCC1(CN(C)c2cc(OC)ccc2OC)CC1. The van der Waals surface area contributed by atoms with Crippen LogP contribution in [0.3, 0.4) is 0 Å². The largest absolute Gasteiger partial charge is 0.497 e. The second kappa shape index (κ2) is 5.70. The van der Waals surface area contributed by atoms with Crippen LogP contribution < -0.4 is 19.7 Å². The van der Waals surface area contributed by atoms with Crippen LogP contribution in [0.2, 0.25) is 0 Å². The average molecular weight is 264 g/mol. The zero-order chi connectivity index (χ0) is 13.9. The molecule has 0 radical (unpaired) electrons. The molecular weight excluding hydrogens is 240 g/mol. The van der Waals surface area contributed by atoms with Crippen molar-refractivity contribution in [3.63, 3.8) is 0 Å². The molecule has 106 valence electrons. The van der Waals surface area contributed by atoms with Crippen LogP contribution in [0.5, 0.6) is 11.5 Å². The lowest BCUT2D eigenvalue weighted by atomic mass is 10.1. The van der Waals surface area contributed by atoms with Crippen molar-refractivity contribution < 1.29 is 9.47 Å². The Labute approximate surface area is 115 Å². The van der Waals surface area contributed by atoms with Crippen molar-refractivity contribution in [2.24, 2.45) is 5.41 Å². The van der Waals surface area contributed by atoms with Gasteiger partial charge in [0.2, 0.25) is 0 Å². The topological polar surface area (TPSA) is 33.7 Å². The first-order valence-electron chi connectivity index (χ1n) is 6.72. The van der Waals surface area contributed by atoms with Crippen LogP contribution in [-0.4, -0.2) is 41.4 Å². The molecule has 2 rings (SSSR count). The molecule has 0 atom stereocenters. The summed E-state index contributed by atoms with van der Waals surface area (Å²) in [6.07, 6.45) is 2.59. The van der Waals surface area contributed by atoms with E-state index in [1.54, 1.807) is 14.2 Å². The van der Waals surface area contributed by atoms with Crippen molar-refractivity contribution in [1.29, 1.82) is 0 Å². The first-order chi connectivity index (χ1) is 9.14. The molecule has 4 heteroatoms. The smallest absolute Gasteiger partial charge is 0.142 e. The fourth-order valence-corrected chi connectivity index (χ4v) is 2.63. The van der Waals surface area contributed by atoms with Crippen molar-refractivity contribution in [1.82, 2.24) is 5.32 Å². The third-order valence-corrected chi connectivity index (χ3v) is 3.88. The van der Waals surface area contributed by atoms with E-state index in [4.69, 9.17) is 9.47 Å². The molecule has 0 aromatic heterocycles. The van der Waals surface area contributed by atoms with E-state index in [0.29, 0.717) is 5.41 Å². The summed E-state index contributed by atoms with van der Waals surface area (Å²) in [6.45, 7) is 2.11. The molecule has 0 amide bonds. The zero-order valence-electron chi connectivity index (χ0n) is 12.3. The Kier molecular flexibility index (Phi) is 4.20. The third-order valence-electron chi connectivity index (χ3n) is 3.88. The Morgan fingerprint density at radius 3 is 2.53 bits per heavy atom. The third kappa shape index (κ3) is 3.13. The lowest BCUT2D eigenvalue weighted by molar-refractivity contribution is 0.401. The molecule has 1 aliphatic carbocycles. The van der Waals surface area contributed by atoms with Gasteiger partial charge in [0, 0.05) is 31.6 Å². The Balaban J connectivity index is 2.15. The second-order valence-electron chi connectivity index (χ2n) is 5.42. The van der Waals surface area contributed by atoms with E-state index in [-0.39, 0.29) is 0 Å². The molecule has 0 spiro atoms. The summed E-state index contributed by atoms with van der Waals surface area (Å²) in [5, 5.41) is 3.30. The van der Waals surface area contributed by atoms with Crippen LogP contribution in [-0.2, 0) is 0 Å². The summed E-state index contributed by atoms with van der Waals surface area (Å²) < 4.78 is 10.8. The minimum Gasteiger partial charge on any atom is -0.497 e. The fraction of sp³-hybridized carbons (Fsp3) is 0.600. The van der Waals surface area contributed by atoms with Crippen LogP contribution in [0, 0.1) is 5.41 Å². The van der Waals surface area contributed by atoms with Crippen molar-refractivity contribution >= 4 is 5.69 Å². The van der Waals surface area contributed by atoms with Crippen molar-refractivity contribution in [3.05, 3.63) is 18.2 Å². The number of nitrogens with zero attached hydrogens (tertiary/aromatic N) is 1. The van der Waals surface area contributed by atoms with Gasteiger partial charge in [0.05, 0.1) is 19.9 Å². The Bertz CT molecular complexity index is 430. The van der Waals surface area contributed by atoms with E-state index < -0.39 is 0 Å². The second-order valence-corrected chi connectivity index (χ2v) is 5.42. The molecule has 4 nitrogen and oxygen atoms in total. The van der Waals surface area contributed by atoms with E-state index in [9.17, 15) is 0 Å². The van der Waals surface area contributed by atoms with Gasteiger partial charge in [-0.05, 0) is 32.0 Å². The highest BCUT2D eigenvalue weighted by Gasteiger charge is 2.42. The molecule has 1 aliphatic rings. The molecule has 0 saturated heterocycles. The van der Waals surface area contributed by atoms with E-state index in [1.807, 2.05) is 25.2 Å². The normalized spacial score (nSPS) is 16.0. The average Bonchev–Trinajstić information content (AvgIpc) is 3.17. The van der Waals surface area contributed by atoms with Crippen LogP contribution in [0.25, 0.3) is 0 Å². The molecular formula is C15H24N2O2. The molecule has 1 fully saturated rings. The number of ether oxygens (including phenoxy) is 2. The summed E-state index contributed by atoms with van der Waals surface area (Å²) in [7, 11) is 7.54. The van der Waals surface area contributed by atoms with Gasteiger partial charge in [-0.2, -0.15) is 0 Å². The van der Waals surface area contributed by atoms with Gasteiger partial charge in [0.15, 0.2) is 0 Å². The van der Waals surface area contributed by atoms with Crippen molar-refractivity contribution in [2.75, 3.05) is 46.3 Å². The Hall–Kier alpha value is -1.42. The highest BCUT2D eigenvalue weighted by atomic mass is 16.5. The van der Waals surface area contributed by atoms with Crippen LogP contribution in [0.15, 0.2) is 18.2 Å². The number of benzene rings is 1. The van der Waals surface area contributed by atoms with Crippen molar-refractivity contribution in [2.45, 2.75) is 12.8 Å². The van der Waals surface area contributed by atoms with Crippen LogP contribution in [0.1, 0.15) is 12.8 Å². The predicted molar refractivity (Wildman–Crippen MR) is 78.4 cm³/mol. The van der Waals surface area contributed by atoms with E-state index >= 15 is 0 Å². The molecule has 1 saturated carbocycles. The molecule has 19 heavy (non-hydrogen) atoms. The van der Waals surface area contributed by atoms with Gasteiger partial charge in [-0.3, -0.25) is 0 Å². The predicted octanol–water partition coefficient (Wildman–Crippen LogP) is 2.14. The number of methoxy groups -OCH3 is 2. The summed E-state index contributed by atoms with van der Waals surface area (Å²) in [5.74, 6) is 1.75. The minimum atomic E-state index is 0.428. The first kappa shape index (κ1) is 14.0. The highest BCUT2D eigenvalue weighted by molar-refractivity contribution is 5.61. The molecule has 0 heterocycles. The summed E-state index contributed by atoms with van der Waals surface area (Å²) in [6, 6.07) is 5.92. The highest BCUT2D eigenvalue weighted by Crippen LogP contribution is 2.46. The number of hydrogen-bond acceptors (Lipinski definition) is 4. The Morgan fingerprint density at radius 2 is 2.00 bits per heavy atom. The fourth-order valence-electron chi connectivity index (χ4n) is 2.63. The van der Waals surface area contributed by atoms with E-state index in [0.717, 1.165) is 30.3 Å². The van der Waals surface area contributed by atoms with Gasteiger partial charge < -0.3 is 19.7 Å². The lowest BCUT2D eigenvalue weighted by Crippen LogP contribution is -2.33. The minimum absolute atomic E-state index is 0.428. The quantitative estimate of drug-likeness (QED) is 0.818. The van der Waals surface area contributed by atoms with Crippen LogP contribution >= 0.6 is 0 Å². The Morgan fingerprint density at radius 1 is 1.26 bits per heavy atom. The monoisotopic (exact) mass is 264 g/mol. The standard InChI is InChI=1S/C15H24N2O2/c1-16-10-15(7-8-15)11-17(2)13-9-12(18-3)5-6-14(13)19-4/h5-6,9,16H,7-8,10-11H2,1-4H3. The van der Waals surface area contributed by atoms with Gasteiger partial charge in [-0.15, -0.1) is 0 Å². The first-order valence-corrected chi connectivity index (χ1v) is 6.72. The number of hydrogen-bond donors (Lipinski definition) is 1. The molecule has 0 unspecified atom stereocenters. The lowest BCUT2D eigenvalue weighted by Gasteiger charge is -2.27.